The number of hydrogen-bond acceptors (Lipinski definition) is 2. The van der Waals surface area contributed by atoms with E-state index in [1.165, 1.54) is 6.26 Å². The molecule has 16 heavy (non-hydrogen) atoms. The standard InChI is InChI=1S/C10H9F3O2S/c1-16-10-6(11)4-5(2-3-7(14)15)8(12)9(10)13/h4H,2-3H2,1H3,(H,14,15). The number of aliphatic carboxylic acids is 1. The third-order valence-corrected chi connectivity index (χ3v) is 2.79. The second kappa shape index (κ2) is 5.25. The van der Waals surface area contributed by atoms with E-state index in [1.807, 2.05) is 0 Å². The van der Waals surface area contributed by atoms with Crippen LogP contribution in [-0.4, -0.2) is 17.3 Å². The molecule has 0 bridgehead atoms. The Labute approximate surface area is 94.5 Å². The Balaban J connectivity index is 3.08. The van der Waals surface area contributed by atoms with Gasteiger partial charge >= 0.3 is 5.97 Å². The van der Waals surface area contributed by atoms with E-state index in [1.54, 1.807) is 0 Å². The summed E-state index contributed by atoms with van der Waals surface area (Å²) in [6, 6.07) is 0.840. The summed E-state index contributed by atoms with van der Waals surface area (Å²) in [6.07, 6.45) is 0.829. The maximum Gasteiger partial charge on any atom is 0.303 e. The van der Waals surface area contributed by atoms with Crippen molar-refractivity contribution in [1.82, 2.24) is 0 Å². The summed E-state index contributed by atoms with van der Waals surface area (Å²) in [5.41, 5.74) is -0.254. The highest BCUT2D eigenvalue weighted by Crippen LogP contribution is 2.27. The van der Waals surface area contributed by atoms with Gasteiger partial charge in [0.2, 0.25) is 0 Å². The lowest BCUT2D eigenvalue weighted by Gasteiger charge is -2.07. The fraction of sp³-hybridized carbons (Fsp3) is 0.300. The number of hydrogen-bond donors (Lipinski definition) is 1. The van der Waals surface area contributed by atoms with Crippen molar-refractivity contribution in [2.75, 3.05) is 6.26 Å². The van der Waals surface area contributed by atoms with Crippen molar-refractivity contribution < 1.29 is 23.1 Å². The van der Waals surface area contributed by atoms with E-state index in [2.05, 4.69) is 0 Å². The summed E-state index contributed by atoms with van der Waals surface area (Å²) >= 11 is 0.763. The van der Waals surface area contributed by atoms with E-state index < -0.39 is 28.3 Å². The molecule has 1 aromatic rings. The monoisotopic (exact) mass is 250 g/mol. The SMILES string of the molecule is CSc1c(F)cc(CCC(=O)O)c(F)c1F. The van der Waals surface area contributed by atoms with Crippen LogP contribution < -0.4 is 0 Å². The van der Waals surface area contributed by atoms with Gasteiger partial charge in [-0.25, -0.2) is 13.2 Å². The molecule has 0 aliphatic heterocycles. The molecule has 2 nitrogen and oxygen atoms in total. The Bertz CT molecular complexity index is 421. The molecule has 0 saturated carbocycles. The summed E-state index contributed by atoms with van der Waals surface area (Å²) < 4.78 is 39.8. The first kappa shape index (κ1) is 12.9. The normalized spacial score (nSPS) is 10.5. The zero-order chi connectivity index (χ0) is 12.3. The molecule has 0 aliphatic rings. The highest BCUT2D eigenvalue weighted by molar-refractivity contribution is 7.98. The average molecular weight is 250 g/mol. The zero-order valence-corrected chi connectivity index (χ0v) is 9.21. The van der Waals surface area contributed by atoms with Gasteiger partial charge in [-0.3, -0.25) is 4.79 Å². The van der Waals surface area contributed by atoms with Crippen molar-refractivity contribution in [1.29, 1.82) is 0 Å². The Hall–Kier alpha value is -1.17. The first-order valence-electron chi connectivity index (χ1n) is 4.39. The van der Waals surface area contributed by atoms with E-state index in [9.17, 15) is 18.0 Å². The van der Waals surface area contributed by atoms with Gasteiger partial charge in [0.25, 0.3) is 0 Å². The van der Waals surface area contributed by atoms with Gasteiger partial charge in [-0.2, -0.15) is 0 Å². The third-order valence-electron chi connectivity index (χ3n) is 2.00. The molecule has 0 fully saturated rings. The number of halogens is 3. The van der Waals surface area contributed by atoms with Gasteiger partial charge in [0.1, 0.15) is 5.82 Å². The molecule has 1 aromatic carbocycles. The fourth-order valence-electron chi connectivity index (χ4n) is 1.24. The molecule has 0 atom stereocenters. The molecular formula is C10H9F3O2S. The van der Waals surface area contributed by atoms with E-state index in [-0.39, 0.29) is 18.4 Å². The van der Waals surface area contributed by atoms with Crippen LogP contribution in [0.4, 0.5) is 13.2 Å². The highest BCUT2D eigenvalue weighted by atomic mass is 32.2. The van der Waals surface area contributed by atoms with Gasteiger partial charge in [-0.1, -0.05) is 0 Å². The largest absolute Gasteiger partial charge is 0.481 e. The number of carboxylic acid groups (broad SMARTS) is 1. The van der Waals surface area contributed by atoms with Crippen LogP contribution in [0.25, 0.3) is 0 Å². The molecule has 0 aromatic heterocycles. The summed E-state index contributed by atoms with van der Waals surface area (Å²) in [5.74, 6) is -4.44. The summed E-state index contributed by atoms with van der Waals surface area (Å²) in [7, 11) is 0. The minimum absolute atomic E-state index is 0.232. The third kappa shape index (κ3) is 2.69. The molecule has 6 heteroatoms. The molecule has 0 saturated heterocycles. The molecule has 1 N–H and O–H groups in total. The van der Waals surface area contributed by atoms with Crippen molar-refractivity contribution in [3.05, 3.63) is 29.1 Å². The summed E-state index contributed by atoms with van der Waals surface area (Å²) in [6.45, 7) is 0. The topological polar surface area (TPSA) is 37.3 Å². The van der Waals surface area contributed by atoms with Crippen LogP contribution in [0.5, 0.6) is 0 Å². The maximum absolute atomic E-state index is 13.3. The summed E-state index contributed by atoms with van der Waals surface area (Å²) in [4.78, 5) is 9.87. The van der Waals surface area contributed by atoms with Gasteiger partial charge in [-0.15, -0.1) is 11.8 Å². The summed E-state index contributed by atoms with van der Waals surface area (Å²) in [5, 5.41) is 8.39. The van der Waals surface area contributed by atoms with Gasteiger partial charge in [0, 0.05) is 6.42 Å². The lowest BCUT2D eigenvalue weighted by Crippen LogP contribution is -2.03. The fourth-order valence-corrected chi connectivity index (χ4v) is 1.76. The van der Waals surface area contributed by atoms with Gasteiger partial charge in [-0.05, 0) is 24.3 Å². The number of thioether (sulfide) groups is 1. The Morgan fingerprint density at radius 2 is 2.00 bits per heavy atom. The molecule has 0 heterocycles. The number of benzene rings is 1. The van der Waals surface area contributed by atoms with Crippen molar-refractivity contribution in [2.24, 2.45) is 0 Å². The first-order chi connectivity index (χ1) is 7.47. The van der Waals surface area contributed by atoms with E-state index in [4.69, 9.17) is 5.11 Å². The second-order valence-corrected chi connectivity index (χ2v) is 3.89. The van der Waals surface area contributed by atoms with Gasteiger partial charge in [0.15, 0.2) is 11.6 Å². The average Bonchev–Trinajstić information content (AvgIpc) is 2.22. The first-order valence-corrected chi connectivity index (χ1v) is 5.62. The Morgan fingerprint density at radius 3 is 2.50 bits per heavy atom. The zero-order valence-electron chi connectivity index (χ0n) is 8.39. The van der Waals surface area contributed by atoms with Gasteiger partial charge in [0.05, 0.1) is 4.90 Å². The maximum atomic E-state index is 13.3. The molecule has 0 aliphatic carbocycles. The molecular weight excluding hydrogens is 241 g/mol. The van der Waals surface area contributed by atoms with Crippen molar-refractivity contribution in [3.63, 3.8) is 0 Å². The lowest BCUT2D eigenvalue weighted by molar-refractivity contribution is -0.136. The minimum atomic E-state index is -1.26. The molecule has 0 unspecified atom stereocenters. The predicted molar refractivity (Wildman–Crippen MR) is 54.1 cm³/mol. The van der Waals surface area contributed by atoms with Crippen molar-refractivity contribution in [3.8, 4) is 0 Å². The quantitative estimate of drug-likeness (QED) is 0.659. The molecule has 0 spiro atoms. The van der Waals surface area contributed by atoms with Crippen LogP contribution in [0.2, 0.25) is 0 Å². The number of aryl methyl sites for hydroxylation is 1. The van der Waals surface area contributed by atoms with Crippen LogP contribution in [0, 0.1) is 17.5 Å². The van der Waals surface area contributed by atoms with Crippen LogP contribution in [0.3, 0.4) is 0 Å². The molecule has 1 rings (SSSR count). The van der Waals surface area contributed by atoms with Gasteiger partial charge < -0.3 is 5.11 Å². The molecule has 0 radical (unpaired) electrons. The molecule has 88 valence electrons. The smallest absolute Gasteiger partial charge is 0.303 e. The van der Waals surface area contributed by atoms with E-state index in [0.29, 0.717) is 0 Å². The lowest BCUT2D eigenvalue weighted by atomic mass is 10.1. The number of rotatable bonds is 4. The predicted octanol–water partition coefficient (Wildman–Crippen LogP) is 2.84. The Kier molecular flexibility index (Phi) is 4.23. The Morgan fingerprint density at radius 1 is 1.38 bits per heavy atom. The van der Waals surface area contributed by atoms with Crippen molar-refractivity contribution in [2.45, 2.75) is 17.7 Å². The van der Waals surface area contributed by atoms with E-state index >= 15 is 0 Å². The molecule has 0 amide bonds. The van der Waals surface area contributed by atoms with E-state index in [0.717, 1.165) is 17.8 Å². The van der Waals surface area contributed by atoms with Crippen LogP contribution >= 0.6 is 11.8 Å². The highest BCUT2D eigenvalue weighted by Gasteiger charge is 2.18. The van der Waals surface area contributed by atoms with Crippen molar-refractivity contribution >= 4 is 17.7 Å². The van der Waals surface area contributed by atoms with Crippen LogP contribution in [-0.2, 0) is 11.2 Å². The van der Waals surface area contributed by atoms with Crippen LogP contribution in [0.15, 0.2) is 11.0 Å². The number of carboxylic acids is 1. The van der Waals surface area contributed by atoms with Crippen LogP contribution in [0.1, 0.15) is 12.0 Å². The minimum Gasteiger partial charge on any atom is -0.481 e. The number of carbonyl (C=O) groups is 1. The second-order valence-electron chi connectivity index (χ2n) is 3.07.